The van der Waals surface area contributed by atoms with Crippen molar-refractivity contribution in [1.82, 2.24) is 5.32 Å². The summed E-state index contributed by atoms with van der Waals surface area (Å²) in [6.07, 6.45) is 3.52. The Morgan fingerprint density at radius 2 is 1.79 bits per heavy atom. The Morgan fingerprint density at radius 3 is 2.41 bits per heavy atom. The summed E-state index contributed by atoms with van der Waals surface area (Å²) in [7, 11) is 1.45. The number of rotatable bonds is 12. The molecule has 1 atom stereocenters. The van der Waals surface area contributed by atoms with Gasteiger partial charge in [-0.05, 0) is 54.2 Å². The summed E-state index contributed by atoms with van der Waals surface area (Å²) in [5.41, 5.74) is 8.11. The van der Waals surface area contributed by atoms with Gasteiger partial charge in [0, 0.05) is 28.9 Å². The molecule has 0 radical (unpaired) electrons. The highest BCUT2D eigenvalue weighted by molar-refractivity contribution is 6.35. The second-order valence-corrected chi connectivity index (χ2v) is 9.82. The maximum atomic E-state index is 13.0. The van der Waals surface area contributed by atoms with Crippen LogP contribution in [-0.2, 0) is 17.7 Å². The van der Waals surface area contributed by atoms with Crippen LogP contribution in [0.1, 0.15) is 35.6 Å². The lowest BCUT2D eigenvalue weighted by molar-refractivity contribution is -0.885. The molecule has 3 N–H and O–H groups in total. The number of nitrogens with two attached hydrogens (primary N) is 1. The molecule has 1 saturated carbocycles. The molecule has 1 amide bonds. The van der Waals surface area contributed by atoms with Gasteiger partial charge in [-0.2, -0.15) is 8.78 Å². The molecule has 12 heteroatoms. The molecule has 0 spiro atoms. The van der Waals surface area contributed by atoms with Gasteiger partial charge in [-0.15, -0.1) is 0 Å². The molecule has 1 fully saturated rings. The topological polar surface area (TPSA) is 95.9 Å². The summed E-state index contributed by atoms with van der Waals surface area (Å²) in [5.74, 6) is 0.379. The molecular weight excluding hydrogens is 555 g/mol. The van der Waals surface area contributed by atoms with Gasteiger partial charge >= 0.3 is 12.7 Å². The number of pyridine rings is 1. The lowest BCUT2D eigenvalue weighted by atomic mass is 10.0. The fraction of sp³-hybridized carbons (Fsp3) is 0.333. The number of nitrogen functional groups attached to an aromatic ring is 1. The molecule has 0 bridgehead atoms. The van der Waals surface area contributed by atoms with E-state index in [2.05, 4.69) is 10.1 Å². The molecule has 1 heterocycles. The standard InChI is InChI=1S/C27H27Cl2F2N3O5/c1-36-34-13-21(28)20(22(29)14-34)11-24(39-27(35)33-12-16-4-7-19(32)8-5-16)18-6-9-23(38-26(30)31)25(10-18)37-15-17-2-3-17/h4-10,13-14,17,24,26H,2-3,11-12,15,32H2,1H3/p+1. The molecular formula is C27H28Cl2F2N3O5+. The Kier molecular flexibility index (Phi) is 9.53. The molecule has 39 heavy (non-hydrogen) atoms. The highest BCUT2D eigenvalue weighted by Gasteiger charge is 2.27. The summed E-state index contributed by atoms with van der Waals surface area (Å²) in [4.78, 5) is 18.0. The van der Waals surface area contributed by atoms with Crippen molar-refractivity contribution in [3.05, 3.63) is 81.6 Å². The van der Waals surface area contributed by atoms with Crippen molar-refractivity contribution < 1.29 is 37.4 Å². The average molecular weight is 583 g/mol. The number of alkyl carbamates (subject to hydrolysis) is 1. The lowest BCUT2D eigenvalue weighted by Gasteiger charge is -2.21. The van der Waals surface area contributed by atoms with Crippen LogP contribution in [-0.4, -0.2) is 26.4 Å². The van der Waals surface area contributed by atoms with Crippen molar-refractivity contribution in [2.24, 2.45) is 5.92 Å². The first-order chi connectivity index (χ1) is 18.7. The van der Waals surface area contributed by atoms with E-state index in [0.717, 1.165) is 18.4 Å². The number of nitrogens with one attached hydrogen (secondary N) is 1. The number of aromatic nitrogens is 1. The molecule has 2 aromatic carbocycles. The van der Waals surface area contributed by atoms with Crippen LogP contribution in [0.4, 0.5) is 19.3 Å². The minimum Gasteiger partial charge on any atom is -0.489 e. The van der Waals surface area contributed by atoms with Crippen molar-refractivity contribution in [3.63, 3.8) is 0 Å². The number of halogens is 4. The van der Waals surface area contributed by atoms with Gasteiger partial charge < -0.3 is 25.3 Å². The zero-order valence-electron chi connectivity index (χ0n) is 21.0. The monoisotopic (exact) mass is 582 g/mol. The molecule has 1 aliphatic carbocycles. The van der Waals surface area contributed by atoms with E-state index in [1.807, 2.05) is 0 Å². The number of ether oxygens (including phenoxy) is 3. The Labute approximate surface area is 234 Å². The van der Waals surface area contributed by atoms with Crippen LogP contribution in [0.15, 0.2) is 54.9 Å². The van der Waals surface area contributed by atoms with Crippen molar-refractivity contribution in [2.45, 2.75) is 38.5 Å². The molecule has 0 saturated heterocycles. The number of nitrogens with zero attached hydrogens (tertiary/aromatic N) is 1. The van der Waals surface area contributed by atoms with E-state index in [4.69, 9.17) is 43.2 Å². The van der Waals surface area contributed by atoms with Crippen LogP contribution in [0.25, 0.3) is 0 Å². The average Bonchev–Trinajstić information content (AvgIpc) is 3.73. The van der Waals surface area contributed by atoms with Crippen molar-refractivity contribution >= 4 is 35.0 Å². The third-order valence-corrected chi connectivity index (χ3v) is 6.70. The summed E-state index contributed by atoms with van der Waals surface area (Å²) in [5, 5.41) is 3.27. The second kappa shape index (κ2) is 13.0. The Bertz CT molecular complexity index is 1270. The highest BCUT2D eigenvalue weighted by Crippen LogP contribution is 2.37. The number of hydrogen-bond donors (Lipinski definition) is 2. The van der Waals surface area contributed by atoms with Crippen molar-refractivity contribution in [3.8, 4) is 11.5 Å². The summed E-state index contributed by atoms with van der Waals surface area (Å²) < 4.78 is 43.6. The largest absolute Gasteiger partial charge is 0.489 e. The first-order valence-electron chi connectivity index (χ1n) is 12.2. The molecule has 0 aliphatic heterocycles. The minimum atomic E-state index is -3.03. The molecule has 1 aliphatic rings. The molecule has 4 rings (SSSR count). The first-order valence-corrected chi connectivity index (χ1v) is 12.9. The Balaban J connectivity index is 1.60. The quantitative estimate of drug-likeness (QED) is 0.215. The van der Waals surface area contributed by atoms with Gasteiger partial charge in [-0.25, -0.2) is 4.79 Å². The van der Waals surface area contributed by atoms with Crippen LogP contribution >= 0.6 is 23.2 Å². The molecule has 3 aromatic rings. The third kappa shape index (κ3) is 8.24. The number of hydrogen-bond acceptors (Lipinski definition) is 6. The number of amides is 1. The normalized spacial score (nSPS) is 13.6. The van der Waals surface area contributed by atoms with E-state index in [1.54, 1.807) is 24.3 Å². The summed E-state index contributed by atoms with van der Waals surface area (Å²) in [6.45, 7) is -2.47. The SMILES string of the molecule is CO[n+]1cc(Cl)c(CC(OC(=O)NCc2ccc(N)cc2)c2ccc(OC(F)F)c(OCC3CC3)c2)c(Cl)c1. The number of carbonyl (C=O) groups is 1. The summed E-state index contributed by atoms with van der Waals surface area (Å²) in [6, 6.07) is 11.4. The van der Waals surface area contributed by atoms with E-state index >= 15 is 0 Å². The maximum Gasteiger partial charge on any atom is 0.408 e. The summed E-state index contributed by atoms with van der Waals surface area (Å²) >= 11 is 12.9. The van der Waals surface area contributed by atoms with Gasteiger partial charge in [0.2, 0.25) is 12.4 Å². The van der Waals surface area contributed by atoms with Gasteiger partial charge in [0.1, 0.15) is 23.3 Å². The number of carbonyl (C=O) groups excluding carboxylic acids is 1. The number of anilines is 1. The van der Waals surface area contributed by atoms with E-state index in [9.17, 15) is 13.6 Å². The maximum absolute atomic E-state index is 13.0. The van der Waals surface area contributed by atoms with E-state index < -0.39 is 18.8 Å². The second-order valence-electron chi connectivity index (χ2n) is 9.01. The zero-order chi connectivity index (χ0) is 27.9. The third-order valence-electron chi connectivity index (χ3n) is 6.05. The Hall–Kier alpha value is -3.50. The van der Waals surface area contributed by atoms with Crippen LogP contribution in [0.3, 0.4) is 0 Å². The number of alkyl halides is 2. The van der Waals surface area contributed by atoms with Crippen molar-refractivity contribution in [2.75, 3.05) is 19.5 Å². The van der Waals surface area contributed by atoms with Gasteiger partial charge in [-0.3, -0.25) is 4.84 Å². The fourth-order valence-electron chi connectivity index (χ4n) is 3.75. The van der Waals surface area contributed by atoms with Gasteiger partial charge in [-0.1, -0.05) is 41.4 Å². The van der Waals surface area contributed by atoms with Gasteiger partial charge in [0.25, 0.3) is 0 Å². The zero-order valence-corrected chi connectivity index (χ0v) is 22.6. The van der Waals surface area contributed by atoms with Crippen LogP contribution in [0.5, 0.6) is 11.5 Å². The Morgan fingerprint density at radius 1 is 1.10 bits per heavy atom. The van der Waals surface area contributed by atoms with Gasteiger partial charge in [0.05, 0.1) is 6.61 Å². The first kappa shape index (κ1) is 28.5. The smallest absolute Gasteiger partial charge is 0.408 e. The fourth-order valence-corrected chi connectivity index (χ4v) is 4.35. The van der Waals surface area contributed by atoms with E-state index in [-0.39, 0.29) is 34.5 Å². The van der Waals surface area contributed by atoms with Gasteiger partial charge in [0.15, 0.2) is 11.5 Å². The molecule has 208 valence electrons. The predicted molar refractivity (Wildman–Crippen MR) is 141 cm³/mol. The molecule has 1 aromatic heterocycles. The van der Waals surface area contributed by atoms with Crippen LogP contribution < -0.4 is 30.1 Å². The minimum absolute atomic E-state index is 0.0780. The lowest BCUT2D eigenvalue weighted by Crippen LogP contribution is -2.40. The van der Waals surface area contributed by atoms with Crippen molar-refractivity contribution in [1.29, 1.82) is 0 Å². The van der Waals surface area contributed by atoms with Crippen LogP contribution in [0.2, 0.25) is 10.0 Å². The highest BCUT2D eigenvalue weighted by atomic mass is 35.5. The van der Waals surface area contributed by atoms with E-state index in [1.165, 1.54) is 42.4 Å². The number of benzene rings is 2. The van der Waals surface area contributed by atoms with E-state index in [0.29, 0.717) is 29.3 Å². The molecule has 8 nitrogen and oxygen atoms in total. The predicted octanol–water partition coefficient (Wildman–Crippen LogP) is 5.52. The van der Waals surface area contributed by atoms with Crippen LogP contribution in [0, 0.1) is 5.92 Å². The molecule has 1 unspecified atom stereocenters.